The van der Waals surface area contributed by atoms with Crippen molar-refractivity contribution in [1.82, 2.24) is 9.78 Å². The van der Waals surface area contributed by atoms with E-state index in [9.17, 15) is 0 Å². The molecule has 0 fully saturated rings. The fourth-order valence-corrected chi connectivity index (χ4v) is 2.23. The molecule has 4 heteroatoms. The van der Waals surface area contributed by atoms with Gasteiger partial charge in [-0.25, -0.2) is 0 Å². The molecular weight excluding hydrogens is 313 g/mol. The second-order valence-electron chi connectivity index (χ2n) is 3.84. The lowest BCUT2D eigenvalue weighted by Crippen LogP contribution is -2.00. The van der Waals surface area contributed by atoms with Gasteiger partial charge in [0, 0.05) is 34.6 Å². The molecule has 0 aliphatic carbocycles. The van der Waals surface area contributed by atoms with Crippen molar-refractivity contribution in [2.75, 3.05) is 5.32 Å². The zero-order chi connectivity index (χ0) is 11.5. The van der Waals surface area contributed by atoms with Gasteiger partial charge >= 0.3 is 0 Å². The summed E-state index contributed by atoms with van der Waals surface area (Å²) in [6.45, 7) is 2.93. The van der Waals surface area contributed by atoms with Crippen molar-refractivity contribution in [3.63, 3.8) is 0 Å². The largest absolute Gasteiger partial charge is 0.381 e. The van der Waals surface area contributed by atoms with Crippen molar-refractivity contribution >= 4 is 28.3 Å². The molecule has 3 nitrogen and oxygen atoms in total. The summed E-state index contributed by atoms with van der Waals surface area (Å²) in [6, 6.07) is 6.40. The second-order valence-corrected chi connectivity index (χ2v) is 5.08. The van der Waals surface area contributed by atoms with Gasteiger partial charge in [0.1, 0.15) is 0 Å². The van der Waals surface area contributed by atoms with Crippen LogP contribution in [0.3, 0.4) is 0 Å². The average Bonchev–Trinajstić information content (AvgIpc) is 2.63. The Balaban J connectivity index is 2.04. The molecule has 0 radical (unpaired) electrons. The van der Waals surface area contributed by atoms with Crippen LogP contribution in [0.5, 0.6) is 0 Å². The lowest BCUT2D eigenvalue weighted by atomic mass is 10.2. The molecule has 1 aromatic heterocycles. The van der Waals surface area contributed by atoms with E-state index in [0.29, 0.717) is 0 Å². The summed E-state index contributed by atoms with van der Waals surface area (Å²) in [7, 11) is 1.93. The van der Waals surface area contributed by atoms with Crippen LogP contribution in [0.2, 0.25) is 0 Å². The normalized spacial score (nSPS) is 10.4. The highest BCUT2D eigenvalue weighted by Crippen LogP contribution is 2.18. The van der Waals surface area contributed by atoms with Gasteiger partial charge in [-0.15, -0.1) is 0 Å². The third-order valence-electron chi connectivity index (χ3n) is 2.43. The molecule has 1 aromatic carbocycles. The molecule has 2 aromatic rings. The number of halogens is 1. The van der Waals surface area contributed by atoms with Crippen molar-refractivity contribution in [1.29, 1.82) is 0 Å². The molecule has 0 bridgehead atoms. The molecule has 1 N–H and O–H groups in total. The summed E-state index contributed by atoms with van der Waals surface area (Å²) in [5, 5.41) is 7.55. The molecule has 1 heterocycles. The number of anilines is 1. The van der Waals surface area contributed by atoms with Gasteiger partial charge in [0.25, 0.3) is 0 Å². The fraction of sp³-hybridized carbons (Fsp3) is 0.250. The van der Waals surface area contributed by atoms with Crippen LogP contribution in [0.25, 0.3) is 0 Å². The molecule has 0 amide bonds. The number of hydrogen-bond acceptors (Lipinski definition) is 2. The molecule has 0 atom stereocenters. The third kappa shape index (κ3) is 2.75. The zero-order valence-corrected chi connectivity index (χ0v) is 11.5. The molecule has 0 aliphatic rings. The number of aromatic nitrogens is 2. The van der Waals surface area contributed by atoms with E-state index in [4.69, 9.17) is 0 Å². The minimum absolute atomic E-state index is 0.815. The Morgan fingerprint density at radius 2 is 2.25 bits per heavy atom. The molecule has 0 saturated carbocycles. The first-order chi connectivity index (χ1) is 7.65. The first kappa shape index (κ1) is 11.4. The van der Waals surface area contributed by atoms with Crippen LogP contribution >= 0.6 is 22.6 Å². The molecule has 0 saturated heterocycles. The van der Waals surface area contributed by atoms with E-state index in [0.717, 1.165) is 6.54 Å². The Morgan fingerprint density at radius 1 is 1.44 bits per heavy atom. The van der Waals surface area contributed by atoms with Gasteiger partial charge in [0.2, 0.25) is 0 Å². The Morgan fingerprint density at radius 3 is 2.88 bits per heavy atom. The summed E-state index contributed by atoms with van der Waals surface area (Å²) in [5.41, 5.74) is 3.65. The van der Waals surface area contributed by atoms with E-state index in [1.54, 1.807) is 0 Å². The van der Waals surface area contributed by atoms with E-state index in [1.807, 2.05) is 24.1 Å². The lowest BCUT2D eigenvalue weighted by molar-refractivity contribution is 0.767. The van der Waals surface area contributed by atoms with Gasteiger partial charge in [-0.2, -0.15) is 5.10 Å². The minimum Gasteiger partial charge on any atom is -0.381 e. The zero-order valence-electron chi connectivity index (χ0n) is 9.37. The molecule has 0 spiro atoms. The van der Waals surface area contributed by atoms with E-state index < -0.39 is 0 Å². The standard InChI is InChI=1S/C12H14IN3/c1-9-5-11(13)3-4-12(9)14-6-10-7-15-16(2)8-10/h3-5,7-8,14H,6H2,1-2H3. The second kappa shape index (κ2) is 4.86. The Hall–Kier alpha value is -1.04. The van der Waals surface area contributed by atoms with Crippen molar-refractivity contribution in [2.24, 2.45) is 7.05 Å². The maximum absolute atomic E-state index is 4.14. The minimum atomic E-state index is 0.815. The average molecular weight is 327 g/mol. The van der Waals surface area contributed by atoms with Gasteiger partial charge in [-0.05, 0) is 53.3 Å². The van der Waals surface area contributed by atoms with Crippen LogP contribution < -0.4 is 5.32 Å². The summed E-state index contributed by atoms with van der Waals surface area (Å²) >= 11 is 2.32. The maximum Gasteiger partial charge on any atom is 0.0539 e. The first-order valence-electron chi connectivity index (χ1n) is 5.13. The first-order valence-corrected chi connectivity index (χ1v) is 6.20. The van der Waals surface area contributed by atoms with Gasteiger partial charge < -0.3 is 5.32 Å². The van der Waals surface area contributed by atoms with Crippen LogP contribution in [0.4, 0.5) is 5.69 Å². The van der Waals surface area contributed by atoms with Crippen LogP contribution in [0.15, 0.2) is 30.6 Å². The highest BCUT2D eigenvalue weighted by Gasteiger charge is 2.00. The van der Waals surface area contributed by atoms with E-state index >= 15 is 0 Å². The van der Waals surface area contributed by atoms with Crippen LogP contribution in [0.1, 0.15) is 11.1 Å². The molecule has 0 unspecified atom stereocenters. The van der Waals surface area contributed by atoms with Gasteiger partial charge in [0.05, 0.1) is 6.20 Å². The predicted octanol–water partition coefficient (Wildman–Crippen LogP) is 2.95. The fourth-order valence-electron chi connectivity index (χ4n) is 1.59. The predicted molar refractivity (Wildman–Crippen MR) is 74.4 cm³/mol. The molecule has 16 heavy (non-hydrogen) atoms. The lowest BCUT2D eigenvalue weighted by Gasteiger charge is -2.08. The molecular formula is C12H14IN3. The van der Waals surface area contributed by atoms with E-state index in [2.05, 4.69) is 58.1 Å². The van der Waals surface area contributed by atoms with Gasteiger partial charge in [-0.3, -0.25) is 4.68 Å². The van der Waals surface area contributed by atoms with Gasteiger partial charge in [0.15, 0.2) is 0 Å². The Labute approximate surface area is 109 Å². The number of hydrogen-bond donors (Lipinski definition) is 1. The molecule has 0 aliphatic heterocycles. The highest BCUT2D eigenvalue weighted by molar-refractivity contribution is 14.1. The third-order valence-corrected chi connectivity index (χ3v) is 3.10. The summed E-state index contributed by atoms with van der Waals surface area (Å²) in [6.07, 6.45) is 3.91. The highest BCUT2D eigenvalue weighted by atomic mass is 127. The van der Waals surface area contributed by atoms with E-state index in [1.165, 1.54) is 20.4 Å². The summed E-state index contributed by atoms with van der Waals surface area (Å²) in [5.74, 6) is 0. The quantitative estimate of drug-likeness (QED) is 0.879. The van der Waals surface area contributed by atoms with Crippen LogP contribution in [0, 0.1) is 10.5 Å². The Bertz CT molecular complexity index is 491. The smallest absolute Gasteiger partial charge is 0.0539 e. The topological polar surface area (TPSA) is 29.9 Å². The van der Waals surface area contributed by atoms with Crippen LogP contribution in [-0.2, 0) is 13.6 Å². The number of nitrogens with one attached hydrogen (secondary N) is 1. The van der Waals surface area contributed by atoms with Crippen molar-refractivity contribution in [3.8, 4) is 0 Å². The summed E-state index contributed by atoms with van der Waals surface area (Å²) in [4.78, 5) is 0. The number of benzene rings is 1. The van der Waals surface area contributed by atoms with Crippen LogP contribution in [-0.4, -0.2) is 9.78 Å². The van der Waals surface area contributed by atoms with Crippen molar-refractivity contribution in [2.45, 2.75) is 13.5 Å². The SMILES string of the molecule is Cc1cc(I)ccc1NCc1cnn(C)c1. The van der Waals surface area contributed by atoms with Crippen molar-refractivity contribution < 1.29 is 0 Å². The maximum atomic E-state index is 4.14. The van der Waals surface area contributed by atoms with Crippen molar-refractivity contribution in [3.05, 3.63) is 45.3 Å². The number of nitrogens with zero attached hydrogens (tertiary/aromatic N) is 2. The van der Waals surface area contributed by atoms with E-state index in [-0.39, 0.29) is 0 Å². The monoisotopic (exact) mass is 327 g/mol. The molecule has 84 valence electrons. The molecule has 2 rings (SSSR count). The number of rotatable bonds is 3. The summed E-state index contributed by atoms with van der Waals surface area (Å²) < 4.78 is 3.08. The Kier molecular flexibility index (Phi) is 3.48. The number of aryl methyl sites for hydroxylation is 2. The van der Waals surface area contributed by atoms with Gasteiger partial charge in [-0.1, -0.05) is 0 Å².